The number of nitrogens with zero attached hydrogens (tertiary/aromatic N) is 3. The zero-order valence-electron chi connectivity index (χ0n) is 23.5. The van der Waals surface area contributed by atoms with Gasteiger partial charge in [-0.2, -0.15) is 0 Å². The second kappa shape index (κ2) is 13.5. The number of ether oxygens (including phenoxy) is 2. The van der Waals surface area contributed by atoms with Gasteiger partial charge in [0.15, 0.2) is 0 Å². The van der Waals surface area contributed by atoms with Crippen molar-refractivity contribution in [1.82, 2.24) is 25.6 Å². The highest BCUT2D eigenvalue weighted by Gasteiger charge is 2.47. The Morgan fingerprint density at radius 2 is 1.81 bits per heavy atom. The van der Waals surface area contributed by atoms with Crippen LogP contribution in [0.3, 0.4) is 0 Å². The molecule has 8 nitrogen and oxygen atoms in total. The predicted molar refractivity (Wildman–Crippen MR) is 146 cm³/mol. The number of hydrogen-bond acceptors (Lipinski definition) is 8. The molecule has 5 rings (SSSR count). The Bertz CT molecular complexity index is 720. The Hall–Kier alpha value is -0.770. The van der Waals surface area contributed by atoms with Crippen LogP contribution in [0.4, 0.5) is 0 Å². The van der Waals surface area contributed by atoms with Crippen molar-refractivity contribution in [3.63, 3.8) is 0 Å². The SMILES string of the molecule is CCOC(=O)COC1C(C)CC2CCCNC2C1N1CCCN(CC2CCN(C3CCCCC3)N2)CC1. The van der Waals surface area contributed by atoms with Crippen LogP contribution in [0.2, 0.25) is 0 Å². The summed E-state index contributed by atoms with van der Waals surface area (Å²) in [5, 5.41) is 6.47. The molecule has 0 aromatic rings. The molecular weight excluding hydrogens is 466 g/mol. The highest BCUT2D eigenvalue weighted by molar-refractivity contribution is 5.70. The molecule has 5 fully saturated rings. The van der Waals surface area contributed by atoms with E-state index < -0.39 is 0 Å². The molecule has 3 aliphatic heterocycles. The predicted octanol–water partition coefficient (Wildman–Crippen LogP) is 2.63. The maximum atomic E-state index is 12.2. The second-order valence-corrected chi connectivity index (χ2v) is 12.5. The topological polar surface area (TPSA) is 69.3 Å². The van der Waals surface area contributed by atoms with Gasteiger partial charge >= 0.3 is 5.97 Å². The summed E-state index contributed by atoms with van der Waals surface area (Å²) < 4.78 is 11.6. The van der Waals surface area contributed by atoms with E-state index in [1.165, 1.54) is 77.3 Å². The molecule has 2 aliphatic carbocycles. The Morgan fingerprint density at radius 3 is 2.65 bits per heavy atom. The highest BCUT2D eigenvalue weighted by Crippen LogP contribution is 2.38. The molecule has 5 aliphatic rings. The Morgan fingerprint density at radius 1 is 0.946 bits per heavy atom. The molecule has 0 bridgehead atoms. The van der Waals surface area contributed by atoms with Crippen LogP contribution >= 0.6 is 0 Å². The Labute approximate surface area is 225 Å². The summed E-state index contributed by atoms with van der Waals surface area (Å²) in [6.45, 7) is 12.6. The van der Waals surface area contributed by atoms with Gasteiger partial charge in [0.2, 0.25) is 0 Å². The van der Waals surface area contributed by atoms with E-state index in [1.54, 1.807) is 0 Å². The third-order valence-corrected chi connectivity index (χ3v) is 9.88. The van der Waals surface area contributed by atoms with Gasteiger partial charge in [0, 0.05) is 44.3 Å². The van der Waals surface area contributed by atoms with E-state index in [4.69, 9.17) is 9.47 Å². The van der Waals surface area contributed by atoms with E-state index >= 15 is 0 Å². The van der Waals surface area contributed by atoms with E-state index in [-0.39, 0.29) is 18.7 Å². The number of nitrogens with one attached hydrogen (secondary N) is 2. The maximum Gasteiger partial charge on any atom is 0.332 e. The summed E-state index contributed by atoms with van der Waals surface area (Å²) in [6, 6.07) is 2.14. The van der Waals surface area contributed by atoms with E-state index in [2.05, 4.69) is 32.5 Å². The van der Waals surface area contributed by atoms with Gasteiger partial charge in [-0.3, -0.25) is 10.3 Å². The number of carbonyl (C=O) groups is 1. The fourth-order valence-electron chi connectivity index (χ4n) is 8.12. The number of rotatable bonds is 8. The number of fused-ring (bicyclic) bond motifs is 1. The van der Waals surface area contributed by atoms with Crippen molar-refractivity contribution in [2.24, 2.45) is 11.8 Å². The van der Waals surface area contributed by atoms with E-state index in [1.807, 2.05) is 6.92 Å². The van der Waals surface area contributed by atoms with Gasteiger partial charge in [-0.25, -0.2) is 9.80 Å². The third-order valence-electron chi connectivity index (χ3n) is 9.88. The van der Waals surface area contributed by atoms with Crippen LogP contribution in [0.25, 0.3) is 0 Å². The molecule has 6 atom stereocenters. The molecule has 8 heteroatoms. The number of esters is 1. The van der Waals surface area contributed by atoms with Crippen LogP contribution < -0.4 is 10.7 Å². The van der Waals surface area contributed by atoms with E-state index in [9.17, 15) is 4.79 Å². The average Bonchev–Trinajstić information content (AvgIpc) is 3.26. The first-order valence-electron chi connectivity index (χ1n) is 15.6. The molecule has 0 aromatic carbocycles. The molecule has 0 radical (unpaired) electrons. The van der Waals surface area contributed by atoms with Crippen molar-refractivity contribution in [3.05, 3.63) is 0 Å². The van der Waals surface area contributed by atoms with Crippen molar-refractivity contribution >= 4 is 5.97 Å². The standard InChI is InChI=1S/C29H53N5O3/c1-3-36-26(35)21-37-29-22(2)19-23-9-7-13-30-27(23)28(29)33-15-8-14-32(17-18-33)20-24-12-16-34(31-24)25-10-5-4-6-11-25/h22-25,27-31H,3-21H2,1-2H3. The lowest BCUT2D eigenvalue weighted by molar-refractivity contribution is -0.157. The first-order valence-corrected chi connectivity index (χ1v) is 15.6. The Kier molecular flexibility index (Phi) is 10.2. The molecule has 2 saturated carbocycles. The first-order chi connectivity index (χ1) is 18.1. The fraction of sp³-hybridized carbons (Fsp3) is 0.966. The molecule has 0 aromatic heterocycles. The smallest absolute Gasteiger partial charge is 0.332 e. The van der Waals surface area contributed by atoms with Gasteiger partial charge in [0.1, 0.15) is 6.61 Å². The normalized spacial score (nSPS) is 37.2. The summed E-state index contributed by atoms with van der Waals surface area (Å²) in [7, 11) is 0. The minimum atomic E-state index is -0.236. The Balaban J connectivity index is 1.18. The monoisotopic (exact) mass is 519 g/mol. The van der Waals surface area contributed by atoms with Crippen LogP contribution in [0.5, 0.6) is 0 Å². The molecule has 6 unspecified atom stereocenters. The van der Waals surface area contributed by atoms with Gasteiger partial charge in [0.25, 0.3) is 0 Å². The zero-order chi connectivity index (χ0) is 25.6. The summed E-state index contributed by atoms with van der Waals surface area (Å²) in [4.78, 5) is 17.6. The van der Waals surface area contributed by atoms with Crippen LogP contribution in [0, 0.1) is 11.8 Å². The number of hydrazine groups is 1. The summed E-state index contributed by atoms with van der Waals surface area (Å²) in [6.07, 6.45) is 13.3. The van der Waals surface area contributed by atoms with Crippen LogP contribution in [0.15, 0.2) is 0 Å². The van der Waals surface area contributed by atoms with E-state index in [0.29, 0.717) is 36.6 Å². The molecule has 37 heavy (non-hydrogen) atoms. The molecule has 2 N–H and O–H groups in total. The molecule has 3 saturated heterocycles. The molecule has 212 valence electrons. The van der Waals surface area contributed by atoms with Crippen molar-refractivity contribution in [2.45, 2.75) is 108 Å². The van der Waals surface area contributed by atoms with Crippen molar-refractivity contribution in [3.8, 4) is 0 Å². The van der Waals surface area contributed by atoms with Gasteiger partial charge < -0.3 is 19.7 Å². The van der Waals surface area contributed by atoms with Crippen LogP contribution in [-0.2, 0) is 14.3 Å². The summed E-state index contributed by atoms with van der Waals surface area (Å²) >= 11 is 0. The van der Waals surface area contributed by atoms with Crippen molar-refractivity contribution in [1.29, 1.82) is 0 Å². The first kappa shape index (κ1) is 27.8. The van der Waals surface area contributed by atoms with Crippen molar-refractivity contribution < 1.29 is 14.3 Å². The van der Waals surface area contributed by atoms with Gasteiger partial charge in [-0.15, -0.1) is 0 Å². The zero-order valence-corrected chi connectivity index (χ0v) is 23.5. The van der Waals surface area contributed by atoms with Gasteiger partial charge in [-0.05, 0) is 83.3 Å². The largest absolute Gasteiger partial charge is 0.464 e. The minimum Gasteiger partial charge on any atom is -0.464 e. The lowest BCUT2D eigenvalue weighted by Gasteiger charge is -2.52. The maximum absolute atomic E-state index is 12.2. The molecule has 0 spiro atoms. The van der Waals surface area contributed by atoms with Crippen molar-refractivity contribution in [2.75, 3.05) is 59.0 Å². The number of piperidine rings is 1. The number of carbonyl (C=O) groups excluding carboxylic acids is 1. The fourth-order valence-corrected chi connectivity index (χ4v) is 8.12. The average molecular weight is 520 g/mol. The van der Waals surface area contributed by atoms with Gasteiger partial charge in [0.05, 0.1) is 18.8 Å². The third kappa shape index (κ3) is 7.06. The summed E-state index contributed by atoms with van der Waals surface area (Å²) in [5.41, 5.74) is 3.89. The lowest BCUT2D eigenvalue weighted by Crippen LogP contribution is -2.65. The quantitative estimate of drug-likeness (QED) is 0.475. The number of hydrogen-bond donors (Lipinski definition) is 2. The van der Waals surface area contributed by atoms with Crippen LogP contribution in [-0.4, -0.2) is 110 Å². The second-order valence-electron chi connectivity index (χ2n) is 12.5. The van der Waals surface area contributed by atoms with Gasteiger partial charge in [-0.1, -0.05) is 26.2 Å². The summed E-state index contributed by atoms with van der Waals surface area (Å²) in [5.74, 6) is 0.929. The lowest BCUT2D eigenvalue weighted by atomic mass is 9.70. The molecule has 0 amide bonds. The minimum absolute atomic E-state index is 0.0710. The molecule has 3 heterocycles. The highest BCUT2D eigenvalue weighted by atomic mass is 16.6. The molecular formula is C29H53N5O3. The van der Waals surface area contributed by atoms with E-state index in [0.717, 1.165) is 38.8 Å². The van der Waals surface area contributed by atoms with Crippen LogP contribution in [0.1, 0.15) is 78.1 Å².